The number of aromatic nitrogens is 4. The first-order valence-electron chi connectivity index (χ1n) is 18.2. The lowest BCUT2D eigenvalue weighted by molar-refractivity contribution is 1.07. The van der Waals surface area contributed by atoms with Gasteiger partial charge in [-0.25, -0.2) is 9.97 Å². The van der Waals surface area contributed by atoms with E-state index in [1.54, 1.807) is 0 Å². The Labute approximate surface area is 281 Å². The van der Waals surface area contributed by atoms with Crippen LogP contribution in [0, 0.1) is 6.92 Å². The molecule has 2 aliphatic heterocycles. The van der Waals surface area contributed by atoms with Gasteiger partial charge >= 0.3 is 0 Å². The van der Waals surface area contributed by atoms with Crippen LogP contribution in [0.2, 0.25) is 0 Å². The van der Waals surface area contributed by atoms with Crippen molar-refractivity contribution in [2.75, 3.05) is 0 Å². The lowest BCUT2D eigenvalue weighted by atomic mass is 9.89. The van der Waals surface area contributed by atoms with Gasteiger partial charge in [0.2, 0.25) is 0 Å². The van der Waals surface area contributed by atoms with Crippen molar-refractivity contribution in [3.63, 3.8) is 0 Å². The van der Waals surface area contributed by atoms with Crippen molar-refractivity contribution < 1.29 is 0 Å². The first-order chi connectivity index (χ1) is 22.9. The maximum absolute atomic E-state index is 5.60. The van der Waals surface area contributed by atoms with Crippen LogP contribution >= 0.6 is 0 Å². The fraction of sp³-hybridized carbons (Fsp3) is 0.395. The molecule has 0 atom stereocenters. The van der Waals surface area contributed by atoms with Crippen molar-refractivity contribution in [2.24, 2.45) is 0 Å². The molecule has 4 nitrogen and oxygen atoms in total. The Kier molecular flexibility index (Phi) is 9.41. The maximum atomic E-state index is 5.60. The normalized spacial score (nSPS) is 13.3. The summed E-state index contributed by atoms with van der Waals surface area (Å²) in [5.41, 5.74) is 23.8. The van der Waals surface area contributed by atoms with Crippen molar-refractivity contribution in [2.45, 2.75) is 114 Å². The number of H-pyrrole nitrogens is 2. The summed E-state index contributed by atoms with van der Waals surface area (Å²) in [4.78, 5) is 19.0. The van der Waals surface area contributed by atoms with Crippen LogP contribution < -0.4 is 0 Å². The van der Waals surface area contributed by atoms with E-state index in [2.05, 4.69) is 115 Å². The molecule has 5 heterocycles. The van der Waals surface area contributed by atoms with E-state index in [-0.39, 0.29) is 0 Å². The molecule has 244 valence electrons. The molecular formula is C43H52N4. The number of benzene rings is 1. The van der Waals surface area contributed by atoms with Gasteiger partial charge in [0.25, 0.3) is 0 Å². The summed E-state index contributed by atoms with van der Waals surface area (Å²) < 4.78 is 0. The van der Waals surface area contributed by atoms with E-state index in [0.29, 0.717) is 0 Å². The molecule has 0 saturated carbocycles. The van der Waals surface area contributed by atoms with E-state index in [0.717, 1.165) is 74.1 Å². The molecule has 0 spiro atoms. The summed E-state index contributed by atoms with van der Waals surface area (Å²) in [5, 5.41) is 0. The van der Waals surface area contributed by atoms with Crippen LogP contribution in [-0.4, -0.2) is 19.9 Å². The number of hydrogen-bond acceptors (Lipinski definition) is 2. The number of nitrogens with zero attached hydrogens (tertiary/aromatic N) is 2. The highest BCUT2D eigenvalue weighted by atomic mass is 14.8. The standard InChI is InChI=1S/C43H52N4/c1-10-26-28(12-3)37-23-39-30(14-5)32(16-7)42(46-39)41(34-21-19-18-20-25(34)9)43-33(17-8)31(15-6)40(47-43)24-38-29(13-4)27(11-2)36(45-38)22-35(26)44-37/h18-24,44-45H,10-17H2,1-9H3. The number of aryl methyl sites for hydroxylation is 5. The lowest BCUT2D eigenvalue weighted by Gasteiger charge is -2.14. The Balaban J connectivity index is 1.94. The highest BCUT2D eigenvalue weighted by molar-refractivity contribution is 6.03. The van der Waals surface area contributed by atoms with Gasteiger partial charge < -0.3 is 9.97 Å². The Morgan fingerprint density at radius 3 is 1.21 bits per heavy atom. The third kappa shape index (κ3) is 5.40. The number of rotatable bonds is 9. The molecule has 8 bridgehead atoms. The number of aromatic amines is 2. The summed E-state index contributed by atoms with van der Waals surface area (Å²) in [7, 11) is 0. The minimum absolute atomic E-state index is 0.922. The molecule has 0 fully saturated rings. The van der Waals surface area contributed by atoms with Crippen molar-refractivity contribution >= 4 is 44.4 Å². The monoisotopic (exact) mass is 624 g/mol. The van der Waals surface area contributed by atoms with Gasteiger partial charge in [-0.1, -0.05) is 79.7 Å². The predicted octanol–water partition coefficient (Wildman–Crippen LogP) is 12.0. The summed E-state index contributed by atoms with van der Waals surface area (Å²) in [6.07, 6.45) is 7.61. The lowest BCUT2D eigenvalue weighted by Crippen LogP contribution is -1.96. The average Bonchev–Trinajstić information content (AvgIpc) is 3.81. The zero-order valence-electron chi connectivity index (χ0n) is 30.1. The van der Waals surface area contributed by atoms with Gasteiger partial charge in [-0.2, -0.15) is 0 Å². The number of nitrogens with one attached hydrogen (secondary N) is 2. The van der Waals surface area contributed by atoms with Crippen LogP contribution in [0.5, 0.6) is 0 Å². The van der Waals surface area contributed by atoms with Crippen LogP contribution in [-0.2, 0) is 25.7 Å². The minimum atomic E-state index is 0.922. The summed E-state index contributed by atoms with van der Waals surface area (Å²) >= 11 is 0. The van der Waals surface area contributed by atoms with Crippen molar-refractivity contribution in [3.8, 4) is 11.1 Å². The van der Waals surface area contributed by atoms with Gasteiger partial charge in [0.15, 0.2) is 0 Å². The molecule has 0 aliphatic carbocycles. The van der Waals surface area contributed by atoms with Gasteiger partial charge in [-0.3, -0.25) is 0 Å². The van der Waals surface area contributed by atoms with E-state index in [1.165, 1.54) is 83.3 Å². The third-order valence-electron chi connectivity index (χ3n) is 10.5. The largest absolute Gasteiger partial charge is 0.355 e. The summed E-state index contributed by atoms with van der Waals surface area (Å²) in [6, 6.07) is 15.8. The average molecular weight is 625 g/mol. The Bertz CT molecular complexity index is 1950. The fourth-order valence-corrected chi connectivity index (χ4v) is 8.30. The van der Waals surface area contributed by atoms with Crippen LogP contribution in [0.1, 0.15) is 132 Å². The van der Waals surface area contributed by atoms with Crippen LogP contribution in [0.3, 0.4) is 0 Å². The highest BCUT2D eigenvalue weighted by Gasteiger charge is 2.28. The smallest absolute Gasteiger partial charge is 0.0772 e. The zero-order valence-corrected chi connectivity index (χ0v) is 30.1. The molecule has 0 saturated heterocycles. The van der Waals surface area contributed by atoms with Gasteiger partial charge in [0, 0.05) is 27.6 Å². The SMILES string of the molecule is CCC1=C(CC)c2nc1cc1[nH]c(cc3[nH]c(cc4nc(c2-c2ccccc2C)C(CC)=C4CC)c(CC)c3CC)c(CC)c1CC. The topological polar surface area (TPSA) is 57.4 Å². The first kappa shape index (κ1) is 32.7. The van der Waals surface area contributed by atoms with Gasteiger partial charge in [-0.15, -0.1) is 0 Å². The minimum Gasteiger partial charge on any atom is -0.355 e. The molecular weight excluding hydrogens is 573 g/mol. The molecule has 0 amide bonds. The van der Waals surface area contributed by atoms with Crippen molar-refractivity contribution in [1.29, 1.82) is 0 Å². The predicted molar refractivity (Wildman–Crippen MR) is 203 cm³/mol. The molecule has 0 radical (unpaired) electrons. The molecule has 2 N–H and O–H groups in total. The van der Waals surface area contributed by atoms with E-state index in [1.807, 2.05) is 0 Å². The zero-order chi connectivity index (χ0) is 33.4. The molecule has 2 aliphatic rings. The Hall–Kier alpha value is -4.18. The number of hydrogen-bond donors (Lipinski definition) is 2. The van der Waals surface area contributed by atoms with Gasteiger partial charge in [-0.05, 0) is 132 Å². The molecule has 47 heavy (non-hydrogen) atoms. The van der Waals surface area contributed by atoms with Crippen LogP contribution in [0.15, 0.2) is 42.5 Å². The van der Waals surface area contributed by atoms with Crippen molar-refractivity contribution in [1.82, 2.24) is 19.9 Å². The number of allylic oxidation sites excluding steroid dienone is 4. The van der Waals surface area contributed by atoms with Gasteiger partial charge in [0.1, 0.15) is 0 Å². The van der Waals surface area contributed by atoms with E-state index in [4.69, 9.17) is 9.97 Å². The Morgan fingerprint density at radius 2 is 0.851 bits per heavy atom. The third-order valence-corrected chi connectivity index (χ3v) is 10.5. The molecule has 4 aromatic rings. The second-order valence-electron chi connectivity index (χ2n) is 12.9. The van der Waals surface area contributed by atoms with Crippen LogP contribution in [0.4, 0.5) is 0 Å². The second kappa shape index (κ2) is 13.5. The fourth-order valence-electron chi connectivity index (χ4n) is 8.30. The van der Waals surface area contributed by atoms with Crippen LogP contribution in [0.25, 0.3) is 55.5 Å². The molecule has 4 heteroatoms. The number of fused-ring (bicyclic) bond motifs is 8. The summed E-state index contributed by atoms with van der Waals surface area (Å²) in [6.45, 7) is 20.5. The molecule has 3 aromatic heterocycles. The first-order valence-corrected chi connectivity index (χ1v) is 18.2. The van der Waals surface area contributed by atoms with E-state index < -0.39 is 0 Å². The highest BCUT2D eigenvalue weighted by Crippen LogP contribution is 2.46. The van der Waals surface area contributed by atoms with E-state index in [9.17, 15) is 0 Å². The maximum Gasteiger partial charge on any atom is 0.0772 e. The van der Waals surface area contributed by atoms with Crippen molar-refractivity contribution in [3.05, 3.63) is 93.1 Å². The molecule has 6 rings (SSSR count). The quantitative estimate of drug-likeness (QED) is 0.195. The second-order valence-corrected chi connectivity index (χ2v) is 12.9. The Morgan fingerprint density at radius 1 is 0.468 bits per heavy atom. The summed E-state index contributed by atoms with van der Waals surface area (Å²) in [5.74, 6) is 0. The van der Waals surface area contributed by atoms with E-state index >= 15 is 0 Å². The van der Waals surface area contributed by atoms with Gasteiger partial charge in [0.05, 0.1) is 22.8 Å². The molecule has 0 unspecified atom stereocenters. The molecule has 1 aromatic carbocycles.